The lowest BCUT2D eigenvalue weighted by molar-refractivity contribution is -0.117. The third-order valence-corrected chi connectivity index (χ3v) is 8.09. The van der Waals surface area contributed by atoms with E-state index in [1.54, 1.807) is 23.1 Å². The number of nitrogens with one attached hydrogen (secondary N) is 1. The van der Waals surface area contributed by atoms with Gasteiger partial charge in [0, 0.05) is 29.7 Å². The zero-order valence-electron chi connectivity index (χ0n) is 16.1. The van der Waals surface area contributed by atoms with E-state index in [0.29, 0.717) is 23.6 Å². The van der Waals surface area contributed by atoms with Crippen LogP contribution in [0.25, 0.3) is 0 Å². The van der Waals surface area contributed by atoms with Gasteiger partial charge in [-0.05, 0) is 43.2 Å². The van der Waals surface area contributed by atoms with E-state index < -0.39 is 16.1 Å². The average molecular weight is 485 g/mol. The lowest BCUT2D eigenvalue weighted by atomic mass is 10.0. The highest BCUT2D eigenvalue weighted by Crippen LogP contribution is 2.37. The van der Waals surface area contributed by atoms with Crippen LogP contribution in [0.1, 0.15) is 18.4 Å². The molecule has 1 amide bonds. The van der Waals surface area contributed by atoms with Crippen LogP contribution in [0.2, 0.25) is 5.02 Å². The zero-order chi connectivity index (χ0) is 21.8. The number of halogens is 2. The van der Waals surface area contributed by atoms with Gasteiger partial charge in [0.15, 0.2) is 0 Å². The summed E-state index contributed by atoms with van der Waals surface area (Å²) in [7, 11) is -3.79. The Bertz CT molecular complexity index is 1140. The van der Waals surface area contributed by atoms with Crippen molar-refractivity contribution in [3.63, 3.8) is 0 Å². The van der Waals surface area contributed by atoms with Gasteiger partial charge < -0.3 is 4.74 Å². The van der Waals surface area contributed by atoms with Crippen LogP contribution in [0.15, 0.2) is 52.3 Å². The molecule has 1 N–H and O–H groups in total. The summed E-state index contributed by atoms with van der Waals surface area (Å²) in [6, 6.07) is 5.14. The van der Waals surface area contributed by atoms with Gasteiger partial charge in [0.2, 0.25) is 10.0 Å². The van der Waals surface area contributed by atoms with E-state index in [2.05, 4.69) is 5.48 Å². The predicted octanol–water partition coefficient (Wildman–Crippen LogP) is 3.16. The number of fused-ring (bicyclic) bond motifs is 2. The Hall–Kier alpha value is -2.24. The molecule has 0 aliphatic carbocycles. The maximum Gasteiger partial charge on any atom is 0.414 e. The maximum absolute atomic E-state index is 13.3. The molecular formula is C19H18Cl2N4O5S. The number of allylic oxidation sites excluding steroid dienone is 2. The number of hydroxylamine groups is 3. The van der Waals surface area contributed by atoms with Crippen LogP contribution in [0.3, 0.4) is 0 Å². The first-order valence-corrected chi connectivity index (χ1v) is 11.8. The summed E-state index contributed by atoms with van der Waals surface area (Å²) in [6.07, 6.45) is 4.88. The smallest absolute Gasteiger partial charge is 0.414 e. The third kappa shape index (κ3) is 3.48. The molecule has 0 aromatic heterocycles. The molecule has 31 heavy (non-hydrogen) atoms. The topological polar surface area (TPSA) is 91.4 Å². The number of hydrogen-bond donors (Lipinski definition) is 1. The molecular weight excluding hydrogens is 467 g/mol. The van der Waals surface area contributed by atoms with Crippen molar-refractivity contribution in [1.82, 2.24) is 14.8 Å². The first kappa shape index (κ1) is 20.7. The first-order chi connectivity index (χ1) is 14.9. The Balaban J connectivity index is 1.35. The zero-order valence-corrected chi connectivity index (χ0v) is 18.5. The van der Waals surface area contributed by atoms with E-state index >= 15 is 0 Å². The summed E-state index contributed by atoms with van der Waals surface area (Å²) in [5.74, 6) is 0. The molecule has 9 nitrogen and oxygen atoms in total. The van der Waals surface area contributed by atoms with Crippen molar-refractivity contribution in [3.8, 4) is 0 Å². The van der Waals surface area contributed by atoms with E-state index in [-0.39, 0.29) is 35.8 Å². The van der Waals surface area contributed by atoms with Gasteiger partial charge >= 0.3 is 6.09 Å². The minimum atomic E-state index is -3.79. The summed E-state index contributed by atoms with van der Waals surface area (Å²) in [5.41, 5.74) is 4.42. The highest BCUT2D eigenvalue weighted by molar-refractivity contribution is 7.93. The average Bonchev–Trinajstić information content (AvgIpc) is 3.25. The van der Waals surface area contributed by atoms with Crippen molar-refractivity contribution in [3.05, 3.63) is 62.9 Å². The first-order valence-electron chi connectivity index (χ1n) is 9.61. The SMILES string of the molecule is O=C1OCc2cc(Cl)ccc2N1C1CCN(S(=O)(=O)C2=CC=C(Cl)N3ONC=C23)CC1. The second-order valence-electron chi connectivity index (χ2n) is 7.39. The van der Waals surface area contributed by atoms with Crippen molar-refractivity contribution in [1.29, 1.82) is 0 Å². The van der Waals surface area contributed by atoms with E-state index in [9.17, 15) is 13.2 Å². The molecule has 0 radical (unpaired) electrons. The second kappa shape index (κ2) is 7.72. The number of nitrogens with zero attached hydrogens (tertiary/aromatic N) is 3. The van der Waals surface area contributed by atoms with Gasteiger partial charge in [-0.2, -0.15) is 14.3 Å². The molecule has 4 heterocycles. The molecule has 1 saturated heterocycles. The van der Waals surface area contributed by atoms with E-state index in [1.807, 2.05) is 0 Å². The van der Waals surface area contributed by atoms with Gasteiger partial charge in [-0.15, -0.1) is 0 Å². The minimum Gasteiger partial charge on any atom is -0.444 e. The van der Waals surface area contributed by atoms with Gasteiger partial charge in [-0.1, -0.05) is 23.2 Å². The van der Waals surface area contributed by atoms with Crippen LogP contribution in [0.4, 0.5) is 10.5 Å². The summed E-state index contributed by atoms with van der Waals surface area (Å²) < 4.78 is 33.3. The molecule has 5 rings (SSSR count). The number of cyclic esters (lactones) is 1. The second-order valence-corrected chi connectivity index (χ2v) is 10.1. The predicted molar refractivity (Wildman–Crippen MR) is 114 cm³/mol. The van der Waals surface area contributed by atoms with Crippen molar-refractivity contribution < 1.29 is 22.9 Å². The molecule has 12 heteroatoms. The van der Waals surface area contributed by atoms with Crippen LogP contribution < -0.4 is 10.4 Å². The third-order valence-electron chi connectivity index (χ3n) is 5.63. The number of rotatable bonds is 3. The van der Waals surface area contributed by atoms with Crippen LogP contribution >= 0.6 is 23.2 Å². The molecule has 0 unspecified atom stereocenters. The fourth-order valence-electron chi connectivity index (χ4n) is 4.13. The number of hydrogen-bond acceptors (Lipinski definition) is 7. The van der Waals surface area contributed by atoms with Crippen LogP contribution in [0.5, 0.6) is 0 Å². The number of carbonyl (C=O) groups is 1. The van der Waals surface area contributed by atoms with Crippen LogP contribution in [-0.4, -0.2) is 43.0 Å². The number of carbonyl (C=O) groups excluding carboxylic acids is 1. The lowest BCUT2D eigenvalue weighted by Crippen LogP contribution is -2.50. The number of sulfonamides is 1. The minimum absolute atomic E-state index is 0.0951. The fourth-order valence-corrected chi connectivity index (χ4v) is 6.12. The standard InChI is InChI=1S/C19H18Cl2N4O5S/c20-13-1-2-15-12(9-13)11-29-19(26)24(15)14-5-7-23(8-6-14)31(27,28)17-3-4-18(21)25-16(17)10-22-30-25/h1-4,9-10,14,22H,5-8,11H2. The van der Waals surface area contributed by atoms with Crippen LogP contribution in [-0.2, 0) is 26.3 Å². The maximum atomic E-state index is 13.3. The number of piperidine rings is 1. The van der Waals surface area contributed by atoms with E-state index in [4.69, 9.17) is 32.9 Å². The molecule has 1 aromatic carbocycles. The highest BCUT2D eigenvalue weighted by Gasteiger charge is 2.40. The largest absolute Gasteiger partial charge is 0.444 e. The summed E-state index contributed by atoms with van der Waals surface area (Å²) in [5, 5.41) is 2.03. The van der Waals surface area contributed by atoms with Crippen molar-refractivity contribution in [2.24, 2.45) is 0 Å². The van der Waals surface area contributed by atoms with Gasteiger partial charge in [0.05, 0.1) is 11.9 Å². The van der Waals surface area contributed by atoms with Gasteiger partial charge in [-0.3, -0.25) is 4.90 Å². The highest BCUT2D eigenvalue weighted by atomic mass is 35.5. The van der Waals surface area contributed by atoms with Gasteiger partial charge in [0.1, 0.15) is 22.4 Å². The molecule has 1 aromatic rings. The van der Waals surface area contributed by atoms with E-state index in [0.717, 1.165) is 11.3 Å². The molecule has 0 bridgehead atoms. The van der Waals surface area contributed by atoms with Crippen molar-refractivity contribution in [2.45, 2.75) is 25.5 Å². The van der Waals surface area contributed by atoms with Crippen LogP contribution in [0, 0.1) is 0 Å². The summed E-state index contributed by atoms with van der Waals surface area (Å²) >= 11 is 12.1. The Labute approximate surface area is 189 Å². The van der Waals surface area contributed by atoms with Crippen molar-refractivity contribution in [2.75, 3.05) is 18.0 Å². The number of amides is 1. The monoisotopic (exact) mass is 484 g/mol. The van der Waals surface area contributed by atoms with Gasteiger partial charge in [-0.25, -0.2) is 18.7 Å². The van der Waals surface area contributed by atoms with Crippen molar-refractivity contribution >= 4 is 45.0 Å². The quantitative estimate of drug-likeness (QED) is 0.658. The molecule has 4 aliphatic rings. The summed E-state index contributed by atoms with van der Waals surface area (Å²) in [4.78, 5) is 19.3. The molecule has 0 atom stereocenters. The molecule has 0 spiro atoms. The molecule has 1 fully saturated rings. The Morgan fingerprint density at radius 2 is 1.90 bits per heavy atom. The molecule has 164 valence electrons. The molecule has 0 saturated carbocycles. The Kier molecular flexibility index (Phi) is 5.14. The Morgan fingerprint density at radius 1 is 1.13 bits per heavy atom. The van der Waals surface area contributed by atoms with Gasteiger partial charge in [0.25, 0.3) is 0 Å². The fraction of sp³-hybridized carbons (Fsp3) is 0.316. The molecule has 4 aliphatic heterocycles. The number of benzene rings is 1. The Morgan fingerprint density at radius 3 is 2.68 bits per heavy atom. The van der Waals surface area contributed by atoms with E-state index in [1.165, 1.54) is 27.7 Å². The normalized spacial score (nSPS) is 22.1. The number of anilines is 1. The lowest BCUT2D eigenvalue weighted by Gasteiger charge is -2.40. The summed E-state index contributed by atoms with van der Waals surface area (Å²) in [6.45, 7) is 0.691. The number of ether oxygens (including phenoxy) is 1.